The smallest absolute Gasteiger partial charge is 0.269 e. The molecule has 0 aromatic heterocycles. The average molecular weight is 141 g/mol. The normalized spacial score (nSPS) is 21.3. The van der Waals surface area contributed by atoms with Gasteiger partial charge in [-0.15, -0.1) is 0 Å². The summed E-state index contributed by atoms with van der Waals surface area (Å²) in [4.78, 5) is 0. The van der Waals surface area contributed by atoms with Crippen LogP contribution >= 0.6 is 0 Å². The summed E-state index contributed by atoms with van der Waals surface area (Å²) >= 11 is 0. The molecule has 56 valence electrons. The van der Waals surface area contributed by atoms with Gasteiger partial charge in [0.1, 0.15) is 0 Å². The van der Waals surface area contributed by atoms with Gasteiger partial charge in [0.2, 0.25) is 0 Å². The van der Waals surface area contributed by atoms with Gasteiger partial charge in [0.05, 0.1) is 0 Å². The van der Waals surface area contributed by atoms with Gasteiger partial charge in [0.25, 0.3) is 6.43 Å². The van der Waals surface area contributed by atoms with E-state index in [1.54, 1.807) is 0 Å². The predicted octanol–water partition coefficient (Wildman–Crippen LogP) is 2.16. The van der Waals surface area contributed by atoms with Crippen LogP contribution in [0.2, 0.25) is 0 Å². The van der Waals surface area contributed by atoms with Gasteiger partial charge in [0, 0.05) is 0 Å². The van der Waals surface area contributed by atoms with Crippen molar-refractivity contribution in [1.82, 2.24) is 6.15 Å². The Balaban J connectivity index is 0.000000640. The lowest BCUT2D eigenvalue weighted by Crippen LogP contribution is -2.13. The minimum absolute atomic E-state index is 0. The van der Waals surface area contributed by atoms with Crippen LogP contribution in [0.5, 0.6) is 0 Å². The van der Waals surface area contributed by atoms with Gasteiger partial charge in [-0.2, -0.15) is 0 Å². The molecule has 0 unspecified atom stereocenters. The molecule has 3 N–H and O–H groups in total. The largest absolute Gasteiger partial charge is 0.344 e. The third-order valence-corrected chi connectivity index (χ3v) is 1.31. The Morgan fingerprint density at radius 1 is 1.11 bits per heavy atom. The average Bonchev–Trinajstić information content (AvgIpc) is 2.43. The van der Waals surface area contributed by atoms with E-state index in [-0.39, 0.29) is 12.1 Å². The lowest BCUT2D eigenvalue weighted by molar-refractivity contribution is 0.0380. The van der Waals surface area contributed by atoms with Crippen molar-refractivity contribution in [1.29, 1.82) is 0 Å². The van der Waals surface area contributed by atoms with Crippen LogP contribution in [0.15, 0.2) is 0 Å². The fourth-order valence-electron chi connectivity index (χ4n) is 0.620. The summed E-state index contributed by atoms with van der Waals surface area (Å²) < 4.78 is 34.6. The van der Waals surface area contributed by atoms with Crippen LogP contribution in [0.4, 0.5) is 13.2 Å². The van der Waals surface area contributed by atoms with E-state index in [4.69, 9.17) is 0 Å². The lowest BCUT2D eigenvalue weighted by atomic mass is 10.3. The minimum atomic E-state index is -2.76. The molecule has 0 aliphatic heterocycles. The van der Waals surface area contributed by atoms with Crippen LogP contribution in [0.3, 0.4) is 0 Å². The Morgan fingerprint density at radius 2 is 1.56 bits per heavy atom. The van der Waals surface area contributed by atoms with Crippen molar-refractivity contribution in [3.05, 3.63) is 0 Å². The monoisotopic (exact) mass is 141 g/mol. The zero-order valence-corrected chi connectivity index (χ0v) is 4.99. The van der Waals surface area contributed by atoms with Crippen molar-refractivity contribution in [3.8, 4) is 0 Å². The molecule has 9 heavy (non-hydrogen) atoms. The van der Waals surface area contributed by atoms with E-state index in [9.17, 15) is 13.2 Å². The maximum Gasteiger partial charge on any atom is 0.269 e. The first-order chi connectivity index (χ1) is 3.72. The minimum Gasteiger partial charge on any atom is -0.344 e. The first kappa shape index (κ1) is 8.75. The van der Waals surface area contributed by atoms with Gasteiger partial charge in [-0.25, -0.2) is 13.2 Å². The van der Waals surface area contributed by atoms with Gasteiger partial charge >= 0.3 is 0 Å². The van der Waals surface area contributed by atoms with E-state index < -0.39 is 12.6 Å². The summed E-state index contributed by atoms with van der Waals surface area (Å²) in [6, 6.07) is 0. The van der Waals surface area contributed by atoms with E-state index in [1.807, 2.05) is 0 Å². The molecule has 0 saturated heterocycles. The fourth-order valence-corrected chi connectivity index (χ4v) is 0.620. The summed E-state index contributed by atoms with van der Waals surface area (Å²) in [5, 5.41) is 0. The molecular weight excluding hydrogens is 131 g/mol. The van der Waals surface area contributed by atoms with Gasteiger partial charge in [-0.1, -0.05) is 0 Å². The molecule has 1 atom stereocenters. The van der Waals surface area contributed by atoms with Crippen molar-refractivity contribution in [2.75, 3.05) is 0 Å². The predicted molar refractivity (Wildman–Crippen MR) is 28.6 cm³/mol. The molecule has 0 amide bonds. The first-order valence-corrected chi connectivity index (χ1v) is 2.64. The van der Waals surface area contributed by atoms with E-state index in [2.05, 4.69) is 0 Å². The third-order valence-electron chi connectivity index (χ3n) is 1.31. The Hall–Kier alpha value is -0.250. The Labute approximate surface area is 51.8 Å². The molecule has 1 aliphatic carbocycles. The summed E-state index contributed by atoms with van der Waals surface area (Å²) in [5.74, 6) is -0.324. The molecule has 0 spiro atoms. The highest BCUT2D eigenvalue weighted by molar-refractivity contribution is 4.82. The van der Waals surface area contributed by atoms with Gasteiger partial charge < -0.3 is 6.15 Å². The molecule has 1 aliphatic rings. The summed E-state index contributed by atoms with van der Waals surface area (Å²) in [6.07, 6.45) is -3.32. The van der Waals surface area contributed by atoms with Crippen LogP contribution in [0, 0.1) is 5.92 Å². The molecule has 0 bridgehead atoms. The molecule has 1 nitrogen and oxygen atoms in total. The van der Waals surface area contributed by atoms with E-state index in [0.29, 0.717) is 12.8 Å². The number of hydrogen-bond donors (Lipinski definition) is 1. The Morgan fingerprint density at radius 3 is 1.67 bits per heavy atom. The van der Waals surface area contributed by atoms with E-state index in [1.165, 1.54) is 0 Å². The van der Waals surface area contributed by atoms with Crippen molar-refractivity contribution in [2.24, 2.45) is 5.92 Å². The molecule has 0 aromatic carbocycles. The zero-order valence-electron chi connectivity index (χ0n) is 4.99. The fraction of sp³-hybridized carbons (Fsp3) is 1.00. The van der Waals surface area contributed by atoms with Crippen LogP contribution < -0.4 is 6.15 Å². The van der Waals surface area contributed by atoms with Crippen molar-refractivity contribution in [2.45, 2.75) is 25.4 Å². The zero-order chi connectivity index (χ0) is 6.15. The summed E-state index contributed by atoms with van der Waals surface area (Å²) in [5.41, 5.74) is 0. The Kier molecular flexibility index (Phi) is 2.97. The quantitative estimate of drug-likeness (QED) is 0.628. The van der Waals surface area contributed by atoms with Gasteiger partial charge in [-0.3, -0.25) is 0 Å². The lowest BCUT2D eigenvalue weighted by Gasteiger charge is -2.01. The second-order valence-electron chi connectivity index (χ2n) is 2.12. The van der Waals surface area contributed by atoms with Gasteiger partial charge in [0.15, 0.2) is 6.17 Å². The summed E-state index contributed by atoms with van der Waals surface area (Å²) in [7, 11) is 0. The van der Waals surface area contributed by atoms with Crippen molar-refractivity contribution in [3.63, 3.8) is 0 Å². The number of hydrogen-bond acceptors (Lipinski definition) is 1. The van der Waals surface area contributed by atoms with Crippen molar-refractivity contribution < 1.29 is 13.2 Å². The molecule has 0 aromatic rings. The maximum absolute atomic E-state index is 12.0. The molecular formula is C5H10F3N. The molecule has 0 heterocycles. The Bertz CT molecular complexity index is 80.3. The second kappa shape index (κ2) is 3.06. The SMILES string of the molecule is FC(F)[C@@H](F)C1CC1.N. The maximum atomic E-state index is 12.0. The molecule has 1 rings (SSSR count). The molecule has 1 saturated carbocycles. The van der Waals surface area contributed by atoms with Crippen LogP contribution in [-0.2, 0) is 0 Å². The van der Waals surface area contributed by atoms with Crippen LogP contribution in [0.1, 0.15) is 12.8 Å². The second-order valence-corrected chi connectivity index (χ2v) is 2.12. The van der Waals surface area contributed by atoms with Crippen LogP contribution in [0.25, 0.3) is 0 Å². The highest BCUT2D eigenvalue weighted by Gasteiger charge is 2.37. The van der Waals surface area contributed by atoms with Crippen LogP contribution in [-0.4, -0.2) is 12.6 Å². The van der Waals surface area contributed by atoms with Gasteiger partial charge in [-0.05, 0) is 18.8 Å². The molecule has 4 heteroatoms. The van der Waals surface area contributed by atoms with E-state index >= 15 is 0 Å². The first-order valence-electron chi connectivity index (χ1n) is 2.64. The third kappa shape index (κ3) is 2.22. The standard InChI is InChI=1S/C5H7F3.H3N/c6-4(5(7)8)3-1-2-3;/h3-5H,1-2H2;1H3/t4-;/m0./s1. The molecule has 0 radical (unpaired) electrons. The highest BCUT2D eigenvalue weighted by atomic mass is 19.3. The number of rotatable bonds is 2. The number of alkyl halides is 3. The summed E-state index contributed by atoms with van der Waals surface area (Å²) in [6.45, 7) is 0. The topological polar surface area (TPSA) is 35.0 Å². The van der Waals surface area contributed by atoms with Crippen molar-refractivity contribution >= 4 is 0 Å². The van der Waals surface area contributed by atoms with E-state index in [0.717, 1.165) is 0 Å². The number of halogens is 3. The highest BCUT2D eigenvalue weighted by Crippen LogP contribution is 2.36. The molecule has 1 fully saturated rings.